The van der Waals surface area contributed by atoms with Gasteiger partial charge in [-0.2, -0.15) is 4.68 Å². The monoisotopic (exact) mass is 445 g/mol. The summed E-state index contributed by atoms with van der Waals surface area (Å²) < 4.78 is 20.9. The van der Waals surface area contributed by atoms with Crippen molar-refractivity contribution in [1.82, 2.24) is 30.4 Å². The molecule has 0 aliphatic heterocycles. The largest absolute Gasteiger partial charge is 0.411 e. The van der Waals surface area contributed by atoms with Crippen molar-refractivity contribution in [2.45, 2.75) is 12.1 Å². The van der Waals surface area contributed by atoms with E-state index in [1.807, 2.05) is 0 Å². The van der Waals surface area contributed by atoms with Crippen LogP contribution in [-0.2, 0) is 4.79 Å². The summed E-state index contributed by atoms with van der Waals surface area (Å²) in [5.74, 6) is -0.0650. The Hall–Kier alpha value is -3.31. The molecule has 2 aromatic carbocycles. The van der Waals surface area contributed by atoms with E-state index in [0.717, 1.165) is 17.3 Å². The van der Waals surface area contributed by atoms with Crippen molar-refractivity contribution >= 4 is 35.0 Å². The summed E-state index contributed by atoms with van der Waals surface area (Å²) in [6, 6.07) is 11.1. The quantitative estimate of drug-likeness (QED) is 0.448. The molecule has 0 fully saturated rings. The summed E-state index contributed by atoms with van der Waals surface area (Å²) in [7, 11) is 0. The second-order valence-corrected chi connectivity index (χ2v) is 7.38. The zero-order valence-electron chi connectivity index (χ0n) is 15.4. The Bertz CT molecular complexity index is 1200. The van der Waals surface area contributed by atoms with Gasteiger partial charge in [0.25, 0.3) is 5.22 Å². The lowest BCUT2D eigenvalue weighted by atomic mass is 10.2. The zero-order valence-corrected chi connectivity index (χ0v) is 17.0. The van der Waals surface area contributed by atoms with Crippen LogP contribution in [0.2, 0.25) is 5.02 Å². The van der Waals surface area contributed by atoms with E-state index in [0.29, 0.717) is 22.4 Å². The van der Waals surface area contributed by atoms with Gasteiger partial charge in [0.05, 0.1) is 5.75 Å². The fraction of sp³-hybridized carbons (Fsp3) is 0.111. The summed E-state index contributed by atoms with van der Waals surface area (Å²) in [4.78, 5) is 12.3. The van der Waals surface area contributed by atoms with Crippen molar-refractivity contribution in [3.63, 3.8) is 0 Å². The summed E-state index contributed by atoms with van der Waals surface area (Å²) >= 11 is 6.95. The van der Waals surface area contributed by atoms with E-state index in [-0.39, 0.29) is 22.6 Å². The Labute approximate surface area is 178 Å². The molecule has 4 aromatic rings. The van der Waals surface area contributed by atoms with Crippen LogP contribution in [0.5, 0.6) is 0 Å². The zero-order chi connectivity index (χ0) is 21.1. The minimum absolute atomic E-state index is 0.0267. The number of carbonyl (C=O) groups excluding carboxylic acids is 1. The highest BCUT2D eigenvalue weighted by Gasteiger charge is 2.14. The van der Waals surface area contributed by atoms with Crippen LogP contribution in [0.4, 0.5) is 10.1 Å². The molecule has 0 saturated heterocycles. The first-order valence-corrected chi connectivity index (χ1v) is 9.93. The molecule has 12 heteroatoms. The van der Waals surface area contributed by atoms with Crippen LogP contribution < -0.4 is 5.32 Å². The number of thioether (sulfide) groups is 1. The van der Waals surface area contributed by atoms with Crippen molar-refractivity contribution in [3.8, 4) is 17.1 Å². The molecule has 0 saturated carbocycles. The molecule has 0 spiro atoms. The Kier molecular flexibility index (Phi) is 5.72. The number of aromatic nitrogens is 6. The molecule has 152 valence electrons. The van der Waals surface area contributed by atoms with Crippen LogP contribution in [0.15, 0.2) is 52.1 Å². The number of anilines is 1. The molecule has 1 amide bonds. The first kappa shape index (κ1) is 20.0. The minimum atomic E-state index is -0.515. The molecule has 0 radical (unpaired) electrons. The molecule has 0 atom stereocenters. The third-order valence-electron chi connectivity index (χ3n) is 3.91. The van der Waals surface area contributed by atoms with Crippen LogP contribution in [0, 0.1) is 12.7 Å². The number of nitrogens with zero attached hydrogens (tertiary/aromatic N) is 6. The van der Waals surface area contributed by atoms with E-state index in [1.165, 1.54) is 22.9 Å². The molecule has 2 heterocycles. The van der Waals surface area contributed by atoms with Crippen molar-refractivity contribution < 1.29 is 13.6 Å². The maximum Gasteiger partial charge on any atom is 0.277 e. The van der Waals surface area contributed by atoms with Crippen molar-refractivity contribution in [2.75, 3.05) is 11.1 Å². The Morgan fingerprint density at radius 3 is 2.73 bits per heavy atom. The van der Waals surface area contributed by atoms with Gasteiger partial charge in [-0.05, 0) is 59.8 Å². The van der Waals surface area contributed by atoms with Gasteiger partial charge in [-0.3, -0.25) is 4.79 Å². The Morgan fingerprint density at radius 2 is 2.00 bits per heavy atom. The van der Waals surface area contributed by atoms with Crippen LogP contribution in [0.3, 0.4) is 0 Å². The highest BCUT2D eigenvalue weighted by Crippen LogP contribution is 2.25. The van der Waals surface area contributed by atoms with Gasteiger partial charge in [-0.1, -0.05) is 23.4 Å². The van der Waals surface area contributed by atoms with Crippen molar-refractivity contribution in [3.05, 3.63) is 59.1 Å². The SMILES string of the molecule is Cc1nnnn1-c1cc(NC(=O)CSc2nnc(-c3ccc(Cl)cc3)o2)ccc1F. The van der Waals surface area contributed by atoms with Gasteiger partial charge in [0.2, 0.25) is 11.8 Å². The first-order chi connectivity index (χ1) is 14.5. The van der Waals surface area contributed by atoms with E-state index in [1.54, 1.807) is 31.2 Å². The fourth-order valence-electron chi connectivity index (χ4n) is 2.51. The number of aryl methyl sites for hydroxylation is 1. The number of benzene rings is 2. The molecule has 1 N–H and O–H groups in total. The lowest BCUT2D eigenvalue weighted by Crippen LogP contribution is -2.14. The number of hydrogen-bond acceptors (Lipinski definition) is 8. The average molecular weight is 446 g/mol. The van der Waals surface area contributed by atoms with Crippen LogP contribution in [0.1, 0.15) is 5.82 Å². The lowest BCUT2D eigenvalue weighted by molar-refractivity contribution is -0.113. The summed E-state index contributed by atoms with van der Waals surface area (Å²) in [6.45, 7) is 1.64. The number of nitrogens with one attached hydrogen (secondary N) is 1. The molecule has 9 nitrogen and oxygen atoms in total. The normalized spacial score (nSPS) is 10.9. The average Bonchev–Trinajstić information content (AvgIpc) is 3.38. The van der Waals surface area contributed by atoms with Gasteiger partial charge in [0.1, 0.15) is 11.5 Å². The smallest absolute Gasteiger partial charge is 0.277 e. The van der Waals surface area contributed by atoms with Crippen molar-refractivity contribution in [1.29, 1.82) is 0 Å². The maximum absolute atomic E-state index is 14.1. The predicted molar refractivity (Wildman–Crippen MR) is 108 cm³/mol. The van der Waals surface area contributed by atoms with Crippen LogP contribution in [0.25, 0.3) is 17.1 Å². The summed E-state index contributed by atoms with van der Waals surface area (Å²) in [5, 5.41) is 22.4. The molecular formula is C18H13ClFN7O2S. The number of amides is 1. The molecule has 0 bridgehead atoms. The third-order valence-corrected chi connectivity index (χ3v) is 4.98. The number of rotatable bonds is 6. The van der Waals surface area contributed by atoms with Gasteiger partial charge >= 0.3 is 0 Å². The van der Waals surface area contributed by atoms with E-state index in [4.69, 9.17) is 16.0 Å². The molecule has 0 unspecified atom stereocenters. The van der Waals surface area contributed by atoms with Crippen LogP contribution in [-0.4, -0.2) is 42.1 Å². The number of halogens is 2. The van der Waals surface area contributed by atoms with Gasteiger partial charge in [0, 0.05) is 16.3 Å². The third kappa shape index (κ3) is 4.47. The maximum atomic E-state index is 14.1. The topological polar surface area (TPSA) is 112 Å². The van der Waals surface area contributed by atoms with Gasteiger partial charge in [-0.15, -0.1) is 15.3 Å². The van der Waals surface area contributed by atoms with E-state index < -0.39 is 5.82 Å². The van der Waals surface area contributed by atoms with E-state index in [9.17, 15) is 9.18 Å². The Balaban J connectivity index is 1.39. The number of tetrazole rings is 1. The fourth-order valence-corrected chi connectivity index (χ4v) is 3.20. The van der Waals surface area contributed by atoms with Gasteiger partial charge in [0.15, 0.2) is 5.82 Å². The predicted octanol–water partition coefficient (Wildman–Crippen LogP) is 3.54. The molecular weight excluding hydrogens is 433 g/mol. The second-order valence-electron chi connectivity index (χ2n) is 6.02. The molecule has 0 aliphatic carbocycles. The molecule has 2 aromatic heterocycles. The first-order valence-electron chi connectivity index (χ1n) is 8.56. The molecule has 0 aliphatic rings. The second kappa shape index (κ2) is 8.59. The van der Waals surface area contributed by atoms with E-state index in [2.05, 4.69) is 31.0 Å². The van der Waals surface area contributed by atoms with Crippen molar-refractivity contribution in [2.24, 2.45) is 0 Å². The molecule has 4 rings (SSSR count). The molecule has 30 heavy (non-hydrogen) atoms. The summed E-state index contributed by atoms with van der Waals surface area (Å²) in [5.41, 5.74) is 1.26. The minimum Gasteiger partial charge on any atom is -0.411 e. The van der Waals surface area contributed by atoms with Crippen LogP contribution >= 0.6 is 23.4 Å². The van der Waals surface area contributed by atoms with Gasteiger partial charge in [-0.25, -0.2) is 4.39 Å². The lowest BCUT2D eigenvalue weighted by Gasteiger charge is -2.08. The number of carbonyl (C=O) groups is 1. The standard InChI is InChI=1S/C18H13ClFN7O2S/c1-10-22-25-26-27(10)15-8-13(6-7-14(15)20)21-16(28)9-30-18-24-23-17(29-18)11-2-4-12(19)5-3-11/h2-8H,9H2,1H3,(H,21,28). The highest BCUT2D eigenvalue weighted by molar-refractivity contribution is 7.99. The number of hydrogen-bond donors (Lipinski definition) is 1. The highest BCUT2D eigenvalue weighted by atomic mass is 35.5. The Morgan fingerprint density at radius 1 is 1.20 bits per heavy atom. The summed E-state index contributed by atoms with van der Waals surface area (Å²) in [6.07, 6.45) is 0. The van der Waals surface area contributed by atoms with E-state index >= 15 is 0 Å². The van der Waals surface area contributed by atoms with Gasteiger partial charge < -0.3 is 9.73 Å².